The van der Waals surface area contributed by atoms with Crippen LogP contribution in [-0.2, 0) is 0 Å². The molecule has 0 bridgehead atoms. The lowest BCUT2D eigenvalue weighted by Crippen LogP contribution is -2.28. The lowest BCUT2D eigenvalue weighted by molar-refractivity contribution is 0.252. The van der Waals surface area contributed by atoms with E-state index in [1.165, 1.54) is 39.0 Å². The molecule has 2 nitrogen and oxygen atoms in total. The fraction of sp³-hybridized carbons (Fsp3) is 1.00. The minimum atomic E-state index is 0.841. The molecule has 86 valence electrons. The van der Waals surface area contributed by atoms with Crippen LogP contribution in [-0.4, -0.2) is 37.6 Å². The maximum atomic E-state index is 3.37. The lowest BCUT2D eigenvalue weighted by Gasteiger charge is -2.22. The second kappa shape index (κ2) is 9.47. The Morgan fingerprint density at radius 1 is 1.14 bits per heavy atom. The van der Waals surface area contributed by atoms with Gasteiger partial charge in [-0.1, -0.05) is 27.7 Å². The third-order valence-corrected chi connectivity index (χ3v) is 2.76. The van der Waals surface area contributed by atoms with Gasteiger partial charge in [0.15, 0.2) is 0 Å². The molecule has 0 saturated carbocycles. The van der Waals surface area contributed by atoms with E-state index >= 15 is 0 Å². The van der Waals surface area contributed by atoms with E-state index in [1.54, 1.807) is 0 Å². The molecule has 0 aliphatic rings. The Labute approximate surface area is 90.1 Å². The van der Waals surface area contributed by atoms with Gasteiger partial charge in [-0.3, -0.25) is 0 Å². The summed E-state index contributed by atoms with van der Waals surface area (Å²) in [5.41, 5.74) is 0. The van der Waals surface area contributed by atoms with Gasteiger partial charge in [0.25, 0.3) is 0 Å². The molecule has 0 aromatic heterocycles. The smallest absolute Gasteiger partial charge is 0.000679 e. The second-order valence-corrected chi connectivity index (χ2v) is 4.09. The summed E-state index contributed by atoms with van der Waals surface area (Å²) in [7, 11) is 0. The van der Waals surface area contributed by atoms with Crippen molar-refractivity contribution in [2.24, 2.45) is 5.92 Å². The van der Waals surface area contributed by atoms with E-state index in [1.807, 2.05) is 0 Å². The number of hydrogen-bond acceptors (Lipinski definition) is 2. The molecule has 2 heteroatoms. The molecule has 0 aliphatic carbocycles. The maximum Gasteiger partial charge on any atom is 0.000679 e. The van der Waals surface area contributed by atoms with Gasteiger partial charge in [-0.05, 0) is 44.9 Å². The molecule has 14 heavy (non-hydrogen) atoms. The van der Waals surface area contributed by atoms with Crippen LogP contribution in [0.2, 0.25) is 0 Å². The average molecular weight is 200 g/mol. The van der Waals surface area contributed by atoms with Crippen LogP contribution < -0.4 is 5.32 Å². The fourth-order valence-corrected chi connectivity index (χ4v) is 1.77. The van der Waals surface area contributed by atoms with E-state index in [-0.39, 0.29) is 0 Å². The van der Waals surface area contributed by atoms with Crippen molar-refractivity contribution in [3.63, 3.8) is 0 Å². The predicted molar refractivity (Wildman–Crippen MR) is 64.7 cm³/mol. The molecule has 0 radical (unpaired) electrons. The average Bonchev–Trinajstić information content (AvgIpc) is 2.21. The first-order chi connectivity index (χ1) is 6.74. The standard InChI is InChI=1S/C12H28N2/c1-5-13-10-8-9-12(4)11-14(6-2)7-3/h12-13H,5-11H2,1-4H3. The van der Waals surface area contributed by atoms with Gasteiger partial charge in [0.1, 0.15) is 0 Å². The summed E-state index contributed by atoms with van der Waals surface area (Å²) in [5.74, 6) is 0.841. The van der Waals surface area contributed by atoms with Gasteiger partial charge in [0, 0.05) is 6.54 Å². The van der Waals surface area contributed by atoms with Crippen LogP contribution in [0.4, 0.5) is 0 Å². The summed E-state index contributed by atoms with van der Waals surface area (Å²) in [6.07, 6.45) is 2.67. The van der Waals surface area contributed by atoms with Crippen LogP contribution in [0.25, 0.3) is 0 Å². The monoisotopic (exact) mass is 200 g/mol. The molecular formula is C12H28N2. The van der Waals surface area contributed by atoms with E-state index in [0.717, 1.165) is 12.5 Å². The third-order valence-electron chi connectivity index (χ3n) is 2.76. The topological polar surface area (TPSA) is 15.3 Å². The molecule has 1 atom stereocenters. The Hall–Kier alpha value is -0.0800. The molecule has 0 heterocycles. The van der Waals surface area contributed by atoms with Crippen molar-refractivity contribution in [3.05, 3.63) is 0 Å². The van der Waals surface area contributed by atoms with Gasteiger partial charge in [0.05, 0.1) is 0 Å². The zero-order valence-electron chi connectivity index (χ0n) is 10.5. The Kier molecular flexibility index (Phi) is 9.42. The van der Waals surface area contributed by atoms with E-state index in [9.17, 15) is 0 Å². The molecule has 0 saturated heterocycles. The summed E-state index contributed by atoms with van der Waals surface area (Å²) < 4.78 is 0. The minimum Gasteiger partial charge on any atom is -0.317 e. The van der Waals surface area contributed by atoms with Crippen LogP contribution in [0.3, 0.4) is 0 Å². The summed E-state index contributed by atoms with van der Waals surface area (Å²) in [4.78, 5) is 2.51. The Bertz CT molecular complexity index is 111. The van der Waals surface area contributed by atoms with Crippen molar-refractivity contribution in [1.29, 1.82) is 0 Å². The SMILES string of the molecule is CCNCCCC(C)CN(CC)CC. The van der Waals surface area contributed by atoms with Crippen LogP contribution in [0.1, 0.15) is 40.5 Å². The molecule has 0 rings (SSSR count). The quantitative estimate of drug-likeness (QED) is 0.575. The van der Waals surface area contributed by atoms with Gasteiger partial charge in [-0.2, -0.15) is 0 Å². The van der Waals surface area contributed by atoms with Crippen molar-refractivity contribution >= 4 is 0 Å². The number of hydrogen-bond donors (Lipinski definition) is 1. The third kappa shape index (κ3) is 7.34. The van der Waals surface area contributed by atoms with E-state index in [2.05, 4.69) is 37.9 Å². The highest BCUT2D eigenvalue weighted by Crippen LogP contribution is 2.07. The summed E-state index contributed by atoms with van der Waals surface area (Å²) in [5, 5.41) is 3.37. The van der Waals surface area contributed by atoms with Crippen LogP contribution in [0.15, 0.2) is 0 Å². The zero-order valence-corrected chi connectivity index (χ0v) is 10.5. The molecule has 0 spiro atoms. The van der Waals surface area contributed by atoms with E-state index < -0.39 is 0 Å². The normalized spacial score (nSPS) is 13.5. The second-order valence-electron chi connectivity index (χ2n) is 4.09. The highest BCUT2D eigenvalue weighted by Gasteiger charge is 2.06. The predicted octanol–water partition coefficient (Wildman–Crippen LogP) is 2.35. The van der Waals surface area contributed by atoms with E-state index in [0.29, 0.717) is 0 Å². The van der Waals surface area contributed by atoms with Crippen molar-refractivity contribution in [2.45, 2.75) is 40.5 Å². The van der Waals surface area contributed by atoms with Crippen molar-refractivity contribution in [3.8, 4) is 0 Å². The highest BCUT2D eigenvalue weighted by atomic mass is 15.1. The first-order valence-electron chi connectivity index (χ1n) is 6.17. The van der Waals surface area contributed by atoms with Crippen LogP contribution in [0.5, 0.6) is 0 Å². The van der Waals surface area contributed by atoms with Gasteiger partial charge in [0.2, 0.25) is 0 Å². The van der Waals surface area contributed by atoms with Gasteiger partial charge in [-0.25, -0.2) is 0 Å². The maximum absolute atomic E-state index is 3.37. The number of nitrogens with one attached hydrogen (secondary N) is 1. The Balaban J connectivity index is 3.38. The molecule has 0 aliphatic heterocycles. The Morgan fingerprint density at radius 2 is 1.79 bits per heavy atom. The largest absolute Gasteiger partial charge is 0.317 e. The van der Waals surface area contributed by atoms with Crippen LogP contribution >= 0.6 is 0 Å². The highest BCUT2D eigenvalue weighted by molar-refractivity contribution is 4.61. The number of rotatable bonds is 9. The summed E-state index contributed by atoms with van der Waals surface area (Å²) in [6, 6.07) is 0. The molecule has 0 aromatic rings. The van der Waals surface area contributed by atoms with Gasteiger partial charge in [-0.15, -0.1) is 0 Å². The number of nitrogens with zero attached hydrogens (tertiary/aromatic N) is 1. The molecule has 1 unspecified atom stereocenters. The van der Waals surface area contributed by atoms with Crippen molar-refractivity contribution in [2.75, 3.05) is 32.7 Å². The first kappa shape index (κ1) is 13.9. The van der Waals surface area contributed by atoms with Crippen molar-refractivity contribution < 1.29 is 0 Å². The fourth-order valence-electron chi connectivity index (χ4n) is 1.77. The van der Waals surface area contributed by atoms with Gasteiger partial charge < -0.3 is 10.2 Å². The van der Waals surface area contributed by atoms with Gasteiger partial charge >= 0.3 is 0 Å². The molecule has 0 amide bonds. The molecule has 1 N–H and O–H groups in total. The van der Waals surface area contributed by atoms with E-state index in [4.69, 9.17) is 0 Å². The minimum absolute atomic E-state index is 0.841. The van der Waals surface area contributed by atoms with Crippen molar-refractivity contribution in [1.82, 2.24) is 10.2 Å². The summed E-state index contributed by atoms with van der Waals surface area (Å²) in [6.45, 7) is 14.9. The Morgan fingerprint density at radius 3 is 2.29 bits per heavy atom. The van der Waals surface area contributed by atoms with Crippen LogP contribution in [0, 0.1) is 5.92 Å². The lowest BCUT2D eigenvalue weighted by atomic mass is 10.1. The molecular weight excluding hydrogens is 172 g/mol. The first-order valence-corrected chi connectivity index (χ1v) is 6.17. The molecule has 0 fully saturated rings. The zero-order chi connectivity index (χ0) is 10.8. The molecule has 0 aromatic carbocycles. The summed E-state index contributed by atoms with van der Waals surface area (Å²) >= 11 is 0.